The van der Waals surface area contributed by atoms with Crippen LogP contribution in [0.1, 0.15) is 12.5 Å². The van der Waals surface area contributed by atoms with Gasteiger partial charge in [-0.25, -0.2) is 4.79 Å². The van der Waals surface area contributed by atoms with Crippen LogP contribution < -0.4 is 0 Å². The molecule has 4 heteroatoms. The Hall–Kier alpha value is -2.54. The first-order valence-electron chi connectivity index (χ1n) is 5.60. The Morgan fingerprint density at radius 3 is 3.06 bits per heavy atom. The number of nitrogens with zero attached hydrogens (tertiary/aromatic N) is 1. The first-order chi connectivity index (χ1) is 8.74. The molecule has 4 nitrogen and oxygen atoms in total. The summed E-state index contributed by atoms with van der Waals surface area (Å²) >= 11 is 0. The molecule has 1 heterocycles. The van der Waals surface area contributed by atoms with Gasteiger partial charge in [0.1, 0.15) is 11.6 Å². The van der Waals surface area contributed by atoms with Crippen LogP contribution >= 0.6 is 0 Å². The fourth-order valence-corrected chi connectivity index (χ4v) is 1.67. The molecule has 0 bridgehead atoms. The highest BCUT2D eigenvalue weighted by atomic mass is 16.5. The molecule has 0 unspecified atom stereocenters. The van der Waals surface area contributed by atoms with Crippen LogP contribution in [0, 0.1) is 11.3 Å². The van der Waals surface area contributed by atoms with Crippen LogP contribution in [0.15, 0.2) is 36.0 Å². The zero-order valence-corrected chi connectivity index (χ0v) is 9.93. The van der Waals surface area contributed by atoms with Gasteiger partial charge in [0.05, 0.1) is 6.61 Å². The summed E-state index contributed by atoms with van der Waals surface area (Å²) in [6, 6.07) is 9.47. The third-order valence-corrected chi connectivity index (χ3v) is 2.51. The number of fused-ring (bicyclic) bond motifs is 1. The average molecular weight is 240 g/mol. The zero-order valence-electron chi connectivity index (χ0n) is 9.93. The van der Waals surface area contributed by atoms with E-state index in [-0.39, 0.29) is 12.2 Å². The largest absolute Gasteiger partial charge is 0.462 e. The molecule has 0 saturated carbocycles. The number of nitriles is 1. The molecule has 0 fully saturated rings. The van der Waals surface area contributed by atoms with Crippen molar-refractivity contribution in [1.82, 2.24) is 4.98 Å². The van der Waals surface area contributed by atoms with Crippen LogP contribution in [0.4, 0.5) is 0 Å². The Balaban J connectivity index is 2.35. The van der Waals surface area contributed by atoms with E-state index >= 15 is 0 Å². The maximum absolute atomic E-state index is 11.5. The molecule has 90 valence electrons. The van der Waals surface area contributed by atoms with Gasteiger partial charge in [-0.3, -0.25) is 0 Å². The van der Waals surface area contributed by atoms with Gasteiger partial charge in [0.15, 0.2) is 0 Å². The fourth-order valence-electron chi connectivity index (χ4n) is 1.67. The van der Waals surface area contributed by atoms with E-state index < -0.39 is 5.97 Å². The number of carbonyl (C=O) groups excluding carboxylic acids is 1. The van der Waals surface area contributed by atoms with Crippen molar-refractivity contribution in [2.24, 2.45) is 0 Å². The lowest BCUT2D eigenvalue weighted by Crippen LogP contribution is -2.05. The van der Waals surface area contributed by atoms with Crippen molar-refractivity contribution >= 4 is 22.9 Å². The molecule has 0 aliphatic heterocycles. The van der Waals surface area contributed by atoms with Gasteiger partial charge in [-0.1, -0.05) is 12.1 Å². The van der Waals surface area contributed by atoms with E-state index in [0.717, 1.165) is 16.5 Å². The molecule has 2 rings (SSSR count). The van der Waals surface area contributed by atoms with Gasteiger partial charge in [0, 0.05) is 11.7 Å². The highest BCUT2D eigenvalue weighted by Crippen LogP contribution is 2.16. The van der Waals surface area contributed by atoms with Gasteiger partial charge in [-0.05, 0) is 36.1 Å². The summed E-state index contributed by atoms with van der Waals surface area (Å²) in [5.74, 6) is -0.591. The standard InChI is InChI=1S/C14H12N2O2/c1-2-18-14(17)12(9-15)7-10-3-4-11-5-6-16-13(11)8-10/h3-8,16H,2H2,1H3/b12-7+. The summed E-state index contributed by atoms with van der Waals surface area (Å²) < 4.78 is 4.80. The molecule has 0 radical (unpaired) electrons. The minimum Gasteiger partial charge on any atom is -0.462 e. The molecule has 0 spiro atoms. The first-order valence-corrected chi connectivity index (χ1v) is 5.60. The van der Waals surface area contributed by atoms with Crippen LogP contribution in [-0.4, -0.2) is 17.6 Å². The molecular weight excluding hydrogens is 228 g/mol. The average Bonchev–Trinajstić information content (AvgIpc) is 2.83. The van der Waals surface area contributed by atoms with Crippen molar-refractivity contribution in [3.63, 3.8) is 0 Å². The topological polar surface area (TPSA) is 65.9 Å². The molecule has 0 aliphatic rings. The van der Waals surface area contributed by atoms with E-state index in [0.29, 0.717) is 0 Å². The maximum atomic E-state index is 11.5. The Labute approximate surface area is 104 Å². The normalized spacial score (nSPS) is 11.2. The maximum Gasteiger partial charge on any atom is 0.348 e. The van der Waals surface area contributed by atoms with E-state index in [4.69, 9.17) is 10.00 Å². The van der Waals surface area contributed by atoms with Gasteiger partial charge in [0.2, 0.25) is 0 Å². The van der Waals surface area contributed by atoms with Crippen molar-refractivity contribution in [1.29, 1.82) is 5.26 Å². The highest BCUT2D eigenvalue weighted by molar-refractivity contribution is 5.98. The van der Waals surface area contributed by atoms with Crippen molar-refractivity contribution in [2.75, 3.05) is 6.61 Å². The van der Waals surface area contributed by atoms with Crippen molar-refractivity contribution < 1.29 is 9.53 Å². The molecule has 0 saturated heterocycles. The zero-order chi connectivity index (χ0) is 13.0. The Morgan fingerprint density at radius 1 is 1.50 bits per heavy atom. The Kier molecular flexibility index (Phi) is 3.44. The molecule has 1 N–H and O–H groups in total. The van der Waals surface area contributed by atoms with Gasteiger partial charge in [-0.2, -0.15) is 5.26 Å². The number of H-pyrrole nitrogens is 1. The van der Waals surface area contributed by atoms with Crippen LogP contribution in [-0.2, 0) is 9.53 Å². The second kappa shape index (κ2) is 5.19. The molecule has 1 aromatic carbocycles. The van der Waals surface area contributed by atoms with Crippen LogP contribution in [0.2, 0.25) is 0 Å². The molecule has 0 atom stereocenters. The number of hydrogen-bond donors (Lipinski definition) is 1. The van der Waals surface area contributed by atoms with Gasteiger partial charge in [-0.15, -0.1) is 0 Å². The fraction of sp³-hybridized carbons (Fsp3) is 0.143. The number of ether oxygens (including phenoxy) is 1. The predicted molar refractivity (Wildman–Crippen MR) is 68.5 cm³/mol. The third-order valence-electron chi connectivity index (χ3n) is 2.51. The van der Waals surface area contributed by atoms with E-state index in [9.17, 15) is 4.79 Å². The van der Waals surface area contributed by atoms with Crippen LogP contribution in [0.25, 0.3) is 17.0 Å². The van der Waals surface area contributed by atoms with E-state index in [1.807, 2.05) is 36.5 Å². The molecule has 1 aromatic heterocycles. The van der Waals surface area contributed by atoms with Crippen molar-refractivity contribution in [2.45, 2.75) is 6.92 Å². The monoisotopic (exact) mass is 240 g/mol. The summed E-state index contributed by atoms with van der Waals surface area (Å²) in [5, 5.41) is 10.0. The van der Waals surface area contributed by atoms with E-state index in [1.54, 1.807) is 6.92 Å². The van der Waals surface area contributed by atoms with Gasteiger partial charge < -0.3 is 9.72 Å². The number of aromatic nitrogens is 1. The molecular formula is C14H12N2O2. The summed E-state index contributed by atoms with van der Waals surface area (Å²) in [7, 11) is 0. The highest BCUT2D eigenvalue weighted by Gasteiger charge is 2.09. The smallest absolute Gasteiger partial charge is 0.348 e. The number of hydrogen-bond acceptors (Lipinski definition) is 3. The van der Waals surface area contributed by atoms with E-state index in [2.05, 4.69) is 4.98 Å². The number of aromatic amines is 1. The van der Waals surface area contributed by atoms with E-state index in [1.165, 1.54) is 6.08 Å². The molecule has 0 amide bonds. The lowest BCUT2D eigenvalue weighted by molar-refractivity contribution is -0.137. The number of rotatable bonds is 3. The minimum atomic E-state index is -0.591. The van der Waals surface area contributed by atoms with Crippen molar-refractivity contribution in [3.05, 3.63) is 41.6 Å². The number of carbonyl (C=O) groups is 1. The quantitative estimate of drug-likeness (QED) is 0.509. The number of nitrogens with one attached hydrogen (secondary N) is 1. The second-order valence-electron chi connectivity index (χ2n) is 3.71. The lowest BCUT2D eigenvalue weighted by Gasteiger charge is -2.00. The van der Waals surface area contributed by atoms with Crippen LogP contribution in [0.5, 0.6) is 0 Å². The molecule has 0 aliphatic carbocycles. The predicted octanol–water partition coefficient (Wildman–Crippen LogP) is 2.64. The first kappa shape index (κ1) is 11.9. The van der Waals surface area contributed by atoms with Crippen LogP contribution in [0.3, 0.4) is 0 Å². The number of esters is 1. The Morgan fingerprint density at radius 2 is 2.33 bits per heavy atom. The molecule has 18 heavy (non-hydrogen) atoms. The summed E-state index contributed by atoms with van der Waals surface area (Å²) in [6.07, 6.45) is 3.37. The summed E-state index contributed by atoms with van der Waals surface area (Å²) in [5.41, 5.74) is 1.75. The Bertz CT molecular complexity index is 647. The minimum absolute atomic E-state index is 0.00255. The SMILES string of the molecule is CCOC(=O)/C(C#N)=C/c1ccc2cc[nH]c2c1. The van der Waals surface area contributed by atoms with Gasteiger partial charge >= 0.3 is 5.97 Å². The van der Waals surface area contributed by atoms with Crippen molar-refractivity contribution in [3.8, 4) is 6.07 Å². The number of benzene rings is 1. The second-order valence-corrected chi connectivity index (χ2v) is 3.71. The summed E-state index contributed by atoms with van der Waals surface area (Å²) in [4.78, 5) is 14.5. The van der Waals surface area contributed by atoms with Gasteiger partial charge in [0.25, 0.3) is 0 Å². The lowest BCUT2D eigenvalue weighted by atomic mass is 10.1. The third kappa shape index (κ3) is 2.41. The summed E-state index contributed by atoms with van der Waals surface area (Å²) in [6.45, 7) is 1.96. The molecule has 2 aromatic rings.